The molecular formula is C10H4BrClI2N2. The summed E-state index contributed by atoms with van der Waals surface area (Å²) >= 11 is 14.1. The van der Waals surface area contributed by atoms with Crippen LogP contribution in [0, 0.1) is 7.40 Å². The number of rotatable bonds is 1. The molecule has 2 rings (SSSR count). The molecule has 0 unspecified atom stereocenters. The standard InChI is InChI=1S/C10H4BrClI2N2/c11-7-6(5-1-3-15-4-2-5)8(12)10(14)16-9(7)13/h1-4H. The molecular weight excluding hydrogens is 517 g/mol. The first kappa shape index (κ1) is 13.0. The first-order valence-corrected chi connectivity index (χ1v) is 7.54. The number of pyridine rings is 2. The Morgan fingerprint density at radius 2 is 1.75 bits per heavy atom. The van der Waals surface area contributed by atoms with E-state index in [-0.39, 0.29) is 0 Å². The maximum absolute atomic E-state index is 6.28. The molecule has 0 aliphatic heterocycles. The second kappa shape index (κ2) is 5.45. The highest BCUT2D eigenvalue weighted by atomic mass is 127. The van der Waals surface area contributed by atoms with Gasteiger partial charge in [-0.25, -0.2) is 4.98 Å². The Kier molecular flexibility index (Phi) is 4.42. The smallest absolute Gasteiger partial charge is 0.121 e. The second-order valence-corrected chi connectivity index (χ2v) is 6.15. The Morgan fingerprint density at radius 3 is 2.38 bits per heavy atom. The molecule has 0 atom stereocenters. The van der Waals surface area contributed by atoms with Crippen LogP contribution >= 0.6 is 72.7 Å². The SMILES string of the molecule is Clc1c(I)nc(I)c(Br)c1-c1ccncc1. The second-order valence-electron chi connectivity index (χ2n) is 2.93. The number of aromatic nitrogens is 2. The minimum absolute atomic E-state index is 0.666. The monoisotopic (exact) mass is 520 g/mol. The van der Waals surface area contributed by atoms with Gasteiger partial charge in [-0.2, -0.15) is 0 Å². The van der Waals surface area contributed by atoms with Gasteiger partial charge in [-0.3, -0.25) is 4.98 Å². The summed E-state index contributed by atoms with van der Waals surface area (Å²) in [6, 6.07) is 3.86. The fourth-order valence-corrected chi connectivity index (χ4v) is 3.62. The maximum atomic E-state index is 6.28. The van der Waals surface area contributed by atoms with E-state index in [1.165, 1.54) is 0 Å². The minimum atomic E-state index is 0.666. The third-order valence-corrected chi connectivity index (χ3v) is 5.73. The van der Waals surface area contributed by atoms with Gasteiger partial charge in [0.2, 0.25) is 0 Å². The highest BCUT2D eigenvalue weighted by molar-refractivity contribution is 14.1. The van der Waals surface area contributed by atoms with Crippen LogP contribution in [-0.4, -0.2) is 9.97 Å². The van der Waals surface area contributed by atoms with Gasteiger partial charge in [0, 0.05) is 18.0 Å². The summed E-state index contributed by atoms with van der Waals surface area (Å²) in [5.74, 6) is 0. The number of halogens is 4. The highest BCUT2D eigenvalue weighted by Crippen LogP contribution is 2.38. The van der Waals surface area contributed by atoms with E-state index >= 15 is 0 Å². The summed E-state index contributed by atoms with van der Waals surface area (Å²) in [6.45, 7) is 0. The van der Waals surface area contributed by atoms with Crippen molar-refractivity contribution in [3.05, 3.63) is 41.4 Å². The van der Waals surface area contributed by atoms with Crippen LogP contribution in [0.2, 0.25) is 5.02 Å². The van der Waals surface area contributed by atoms with Crippen LogP contribution in [0.3, 0.4) is 0 Å². The molecule has 16 heavy (non-hydrogen) atoms. The molecule has 2 aromatic rings. The predicted molar refractivity (Wildman–Crippen MR) is 85.6 cm³/mol. The average Bonchev–Trinajstić information content (AvgIpc) is 2.28. The van der Waals surface area contributed by atoms with Crippen LogP contribution in [0.4, 0.5) is 0 Å². The van der Waals surface area contributed by atoms with Gasteiger partial charge in [0.05, 0.1) is 9.50 Å². The van der Waals surface area contributed by atoms with Crippen molar-refractivity contribution < 1.29 is 0 Å². The Morgan fingerprint density at radius 1 is 1.12 bits per heavy atom. The Balaban J connectivity index is 2.74. The zero-order chi connectivity index (χ0) is 11.7. The molecule has 0 bridgehead atoms. The van der Waals surface area contributed by atoms with Crippen molar-refractivity contribution in [3.63, 3.8) is 0 Å². The lowest BCUT2D eigenvalue weighted by atomic mass is 10.1. The van der Waals surface area contributed by atoms with E-state index in [2.05, 4.69) is 71.1 Å². The third-order valence-electron chi connectivity index (χ3n) is 1.97. The fraction of sp³-hybridized carbons (Fsp3) is 0. The van der Waals surface area contributed by atoms with Crippen molar-refractivity contribution in [1.29, 1.82) is 0 Å². The van der Waals surface area contributed by atoms with Crippen LogP contribution in [-0.2, 0) is 0 Å². The van der Waals surface area contributed by atoms with E-state index in [4.69, 9.17) is 11.6 Å². The number of hydrogen-bond donors (Lipinski definition) is 0. The Labute approximate surface area is 134 Å². The van der Waals surface area contributed by atoms with Gasteiger partial charge in [-0.15, -0.1) is 0 Å². The Hall–Kier alpha value is 0.530. The topological polar surface area (TPSA) is 25.8 Å². The van der Waals surface area contributed by atoms with Gasteiger partial charge in [0.15, 0.2) is 0 Å². The minimum Gasteiger partial charge on any atom is -0.265 e. The van der Waals surface area contributed by atoms with E-state index in [9.17, 15) is 0 Å². The van der Waals surface area contributed by atoms with Crippen LogP contribution in [0.15, 0.2) is 29.0 Å². The van der Waals surface area contributed by atoms with Gasteiger partial charge in [-0.05, 0) is 78.8 Å². The van der Waals surface area contributed by atoms with Crippen molar-refractivity contribution in [2.24, 2.45) is 0 Å². The van der Waals surface area contributed by atoms with Gasteiger partial charge in [-0.1, -0.05) is 11.6 Å². The summed E-state index contributed by atoms with van der Waals surface area (Å²) in [5, 5.41) is 0.666. The fourth-order valence-electron chi connectivity index (χ4n) is 1.26. The molecule has 2 aromatic heterocycles. The summed E-state index contributed by atoms with van der Waals surface area (Å²) < 4.78 is 2.63. The molecule has 6 heteroatoms. The quantitative estimate of drug-likeness (QED) is 0.400. The largest absolute Gasteiger partial charge is 0.265 e. The van der Waals surface area contributed by atoms with Crippen LogP contribution in [0.1, 0.15) is 0 Å². The van der Waals surface area contributed by atoms with Gasteiger partial charge >= 0.3 is 0 Å². The third kappa shape index (κ3) is 2.51. The normalized spacial score (nSPS) is 10.5. The Bertz CT molecular complexity index is 508. The predicted octanol–water partition coefficient (Wildman–Crippen LogP) is 4.77. The molecule has 0 saturated carbocycles. The van der Waals surface area contributed by atoms with E-state index in [1.54, 1.807) is 12.4 Å². The zero-order valence-corrected chi connectivity index (χ0v) is 14.4. The molecule has 0 N–H and O–H groups in total. The van der Waals surface area contributed by atoms with Crippen LogP contribution in [0.25, 0.3) is 11.1 Å². The molecule has 0 spiro atoms. The summed E-state index contributed by atoms with van der Waals surface area (Å²) in [6.07, 6.45) is 3.50. The van der Waals surface area contributed by atoms with Gasteiger partial charge in [0.25, 0.3) is 0 Å². The van der Waals surface area contributed by atoms with E-state index in [1.807, 2.05) is 12.1 Å². The molecule has 0 radical (unpaired) electrons. The van der Waals surface area contributed by atoms with Crippen molar-refractivity contribution in [2.45, 2.75) is 0 Å². The summed E-state index contributed by atoms with van der Waals surface area (Å²) in [5.41, 5.74) is 2.00. The number of nitrogens with zero attached hydrogens (tertiary/aromatic N) is 2. The first-order valence-electron chi connectivity index (χ1n) is 4.21. The summed E-state index contributed by atoms with van der Waals surface area (Å²) in [7, 11) is 0. The highest BCUT2D eigenvalue weighted by Gasteiger charge is 2.15. The molecule has 2 nitrogen and oxygen atoms in total. The van der Waals surface area contributed by atoms with Crippen LogP contribution < -0.4 is 0 Å². The molecule has 2 heterocycles. The number of hydrogen-bond acceptors (Lipinski definition) is 2. The van der Waals surface area contributed by atoms with Crippen molar-refractivity contribution in [3.8, 4) is 11.1 Å². The first-order chi connectivity index (χ1) is 7.61. The molecule has 0 aliphatic carbocycles. The average molecular weight is 521 g/mol. The molecule has 0 amide bonds. The zero-order valence-electron chi connectivity index (χ0n) is 7.72. The molecule has 0 aromatic carbocycles. The lowest BCUT2D eigenvalue weighted by molar-refractivity contribution is 1.20. The van der Waals surface area contributed by atoms with Gasteiger partial charge in [0.1, 0.15) is 7.40 Å². The molecule has 0 saturated heterocycles. The van der Waals surface area contributed by atoms with E-state index in [0.29, 0.717) is 5.02 Å². The van der Waals surface area contributed by atoms with E-state index in [0.717, 1.165) is 23.0 Å². The van der Waals surface area contributed by atoms with E-state index < -0.39 is 0 Å². The van der Waals surface area contributed by atoms with Crippen molar-refractivity contribution >= 4 is 72.7 Å². The van der Waals surface area contributed by atoms with Crippen molar-refractivity contribution in [1.82, 2.24) is 9.97 Å². The van der Waals surface area contributed by atoms with Crippen LogP contribution in [0.5, 0.6) is 0 Å². The van der Waals surface area contributed by atoms with Gasteiger partial charge < -0.3 is 0 Å². The lowest BCUT2D eigenvalue weighted by Gasteiger charge is -2.09. The maximum Gasteiger partial charge on any atom is 0.121 e. The van der Waals surface area contributed by atoms with Crippen molar-refractivity contribution in [2.75, 3.05) is 0 Å². The summed E-state index contributed by atoms with van der Waals surface area (Å²) in [4.78, 5) is 8.34. The molecule has 0 aliphatic rings. The lowest BCUT2D eigenvalue weighted by Crippen LogP contribution is -1.94. The molecule has 0 fully saturated rings. The molecule has 82 valence electrons.